The van der Waals surface area contributed by atoms with E-state index in [-0.39, 0.29) is 17.9 Å². The summed E-state index contributed by atoms with van der Waals surface area (Å²) in [5.74, 6) is 1.41. The molecule has 1 aliphatic heterocycles. The van der Waals surface area contributed by atoms with Crippen LogP contribution >= 0.6 is 23.2 Å². The van der Waals surface area contributed by atoms with Gasteiger partial charge in [0, 0.05) is 23.1 Å². The van der Waals surface area contributed by atoms with Crippen LogP contribution in [-0.4, -0.2) is 28.9 Å². The molecular weight excluding hydrogens is 485 g/mol. The summed E-state index contributed by atoms with van der Waals surface area (Å²) < 4.78 is 13.3. The minimum Gasteiger partial charge on any atom is -0.490 e. The van der Waals surface area contributed by atoms with E-state index in [0.717, 1.165) is 29.0 Å². The Morgan fingerprint density at radius 1 is 1.11 bits per heavy atom. The van der Waals surface area contributed by atoms with Crippen LogP contribution in [0.4, 0.5) is 0 Å². The third kappa shape index (κ3) is 6.19. The highest BCUT2D eigenvalue weighted by atomic mass is 35.5. The second-order valence-corrected chi connectivity index (χ2v) is 9.69. The second kappa shape index (κ2) is 11.2. The summed E-state index contributed by atoms with van der Waals surface area (Å²) in [6.45, 7) is 7.77. The van der Waals surface area contributed by atoms with Crippen LogP contribution in [0.1, 0.15) is 48.7 Å². The maximum atomic E-state index is 12.9. The fourth-order valence-corrected chi connectivity index (χ4v) is 4.42. The molecule has 0 saturated heterocycles. The predicted molar refractivity (Wildman–Crippen MR) is 139 cm³/mol. The Morgan fingerprint density at radius 3 is 2.54 bits per heavy atom. The molecule has 184 valence electrons. The van der Waals surface area contributed by atoms with Crippen LogP contribution in [0.15, 0.2) is 48.5 Å². The first-order valence-electron chi connectivity index (χ1n) is 11.7. The molecular formula is C27H29Cl2N3O3. The van der Waals surface area contributed by atoms with E-state index in [1.807, 2.05) is 49.4 Å². The van der Waals surface area contributed by atoms with Crippen molar-refractivity contribution in [1.82, 2.24) is 15.1 Å². The number of rotatable bonds is 7. The maximum Gasteiger partial charge on any atom is 0.244 e. The molecule has 0 fully saturated rings. The normalized spacial score (nSPS) is 14.2. The van der Waals surface area contributed by atoms with E-state index >= 15 is 0 Å². The van der Waals surface area contributed by atoms with E-state index < -0.39 is 0 Å². The summed E-state index contributed by atoms with van der Waals surface area (Å²) in [6, 6.07) is 13.2. The van der Waals surface area contributed by atoms with E-state index in [4.69, 9.17) is 32.7 Å². The average molecular weight is 514 g/mol. The molecule has 1 N–H and O–H groups in total. The Labute approximate surface area is 215 Å². The molecule has 1 amide bonds. The van der Waals surface area contributed by atoms with Crippen LogP contribution in [-0.2, 0) is 11.3 Å². The number of ether oxygens (including phenoxy) is 2. The summed E-state index contributed by atoms with van der Waals surface area (Å²) in [5.41, 5.74) is 3.46. The van der Waals surface area contributed by atoms with Gasteiger partial charge < -0.3 is 14.8 Å². The Kier molecular flexibility index (Phi) is 8.04. The Bertz CT molecular complexity index is 1220. The van der Waals surface area contributed by atoms with Crippen molar-refractivity contribution < 1.29 is 14.3 Å². The third-order valence-electron chi connectivity index (χ3n) is 5.85. The summed E-state index contributed by atoms with van der Waals surface area (Å²) in [4.78, 5) is 12.9. The SMILES string of the molecule is Cc1nn(Cc2ccc(Cl)cc2)c(Cl)c1C=CC(=O)NC(c1ccc2c(c1)OCCCO2)C(C)C. The molecule has 8 heteroatoms. The van der Waals surface area contributed by atoms with Gasteiger partial charge in [-0.1, -0.05) is 55.2 Å². The lowest BCUT2D eigenvalue weighted by Gasteiger charge is -2.23. The smallest absolute Gasteiger partial charge is 0.244 e. The number of benzene rings is 2. The number of aromatic nitrogens is 2. The van der Waals surface area contributed by atoms with Crippen LogP contribution in [0.5, 0.6) is 11.5 Å². The van der Waals surface area contributed by atoms with Crippen molar-refractivity contribution in [3.8, 4) is 11.5 Å². The van der Waals surface area contributed by atoms with Crippen molar-refractivity contribution >= 4 is 35.2 Å². The quantitative estimate of drug-likeness (QED) is 0.380. The standard InChI is InChI=1S/C27H29Cl2N3O3/c1-17(2)26(20-7-11-23-24(15-20)35-14-4-13-34-23)30-25(33)12-10-22-18(3)31-32(27(22)29)16-19-5-8-21(28)9-6-19/h5-12,15,17,26H,4,13-14,16H2,1-3H3,(H,30,33). The molecule has 4 rings (SSSR count). The second-order valence-electron chi connectivity index (χ2n) is 8.89. The number of carbonyl (C=O) groups excluding carboxylic acids is 1. The number of halogens is 2. The fraction of sp³-hybridized carbons (Fsp3) is 0.333. The van der Waals surface area contributed by atoms with Crippen molar-refractivity contribution in [1.29, 1.82) is 0 Å². The van der Waals surface area contributed by atoms with Crippen LogP contribution in [0.25, 0.3) is 6.08 Å². The Morgan fingerprint density at radius 2 is 1.83 bits per heavy atom. The first-order chi connectivity index (χ1) is 16.8. The maximum absolute atomic E-state index is 12.9. The van der Waals surface area contributed by atoms with Gasteiger partial charge >= 0.3 is 0 Å². The van der Waals surface area contributed by atoms with Crippen molar-refractivity contribution in [3.05, 3.63) is 81.1 Å². The van der Waals surface area contributed by atoms with Gasteiger partial charge in [-0.25, -0.2) is 4.68 Å². The van der Waals surface area contributed by atoms with E-state index in [9.17, 15) is 4.79 Å². The Balaban J connectivity index is 1.47. The highest BCUT2D eigenvalue weighted by molar-refractivity contribution is 6.31. The molecule has 0 aliphatic carbocycles. The molecule has 1 aliphatic rings. The molecule has 6 nitrogen and oxygen atoms in total. The van der Waals surface area contributed by atoms with Gasteiger partial charge in [0.15, 0.2) is 11.5 Å². The van der Waals surface area contributed by atoms with Crippen molar-refractivity contribution in [3.63, 3.8) is 0 Å². The van der Waals surface area contributed by atoms with E-state index in [2.05, 4.69) is 24.3 Å². The highest BCUT2D eigenvalue weighted by Gasteiger charge is 2.21. The summed E-state index contributed by atoms with van der Waals surface area (Å²) in [5, 5.41) is 8.80. The van der Waals surface area contributed by atoms with Crippen molar-refractivity contribution in [2.75, 3.05) is 13.2 Å². The lowest BCUT2D eigenvalue weighted by atomic mass is 9.95. The highest BCUT2D eigenvalue weighted by Crippen LogP contribution is 2.34. The van der Waals surface area contributed by atoms with Gasteiger partial charge in [0.1, 0.15) is 5.15 Å². The van der Waals surface area contributed by atoms with E-state index in [1.165, 1.54) is 6.08 Å². The number of hydrogen-bond donors (Lipinski definition) is 1. The van der Waals surface area contributed by atoms with Crippen molar-refractivity contribution in [2.24, 2.45) is 5.92 Å². The molecule has 1 atom stereocenters. The number of nitrogens with one attached hydrogen (secondary N) is 1. The van der Waals surface area contributed by atoms with Gasteiger partial charge in [0.2, 0.25) is 5.91 Å². The number of hydrogen-bond acceptors (Lipinski definition) is 4. The number of fused-ring (bicyclic) bond motifs is 1. The van der Waals surface area contributed by atoms with Gasteiger partial charge in [-0.3, -0.25) is 4.79 Å². The zero-order chi connectivity index (χ0) is 24.9. The minimum atomic E-state index is -0.211. The molecule has 1 aromatic heterocycles. The molecule has 35 heavy (non-hydrogen) atoms. The van der Waals surface area contributed by atoms with E-state index in [0.29, 0.717) is 41.2 Å². The molecule has 0 saturated carbocycles. The molecule has 1 unspecified atom stereocenters. The first-order valence-corrected chi connectivity index (χ1v) is 12.4. The van der Waals surface area contributed by atoms with Gasteiger partial charge in [-0.15, -0.1) is 0 Å². The predicted octanol–water partition coefficient (Wildman–Crippen LogP) is 6.23. The number of amides is 1. The Hall–Kier alpha value is -2.96. The van der Waals surface area contributed by atoms with Crippen LogP contribution in [0.3, 0.4) is 0 Å². The van der Waals surface area contributed by atoms with E-state index in [1.54, 1.807) is 10.8 Å². The van der Waals surface area contributed by atoms with Crippen LogP contribution < -0.4 is 14.8 Å². The van der Waals surface area contributed by atoms with Crippen LogP contribution in [0, 0.1) is 12.8 Å². The van der Waals surface area contributed by atoms with Gasteiger partial charge in [0.05, 0.1) is 31.5 Å². The van der Waals surface area contributed by atoms with Crippen LogP contribution in [0.2, 0.25) is 10.2 Å². The van der Waals surface area contributed by atoms with Gasteiger partial charge in [0.25, 0.3) is 0 Å². The number of nitrogens with zero attached hydrogens (tertiary/aromatic N) is 2. The molecule has 3 aromatic rings. The zero-order valence-electron chi connectivity index (χ0n) is 20.1. The lowest BCUT2D eigenvalue weighted by Crippen LogP contribution is -2.30. The summed E-state index contributed by atoms with van der Waals surface area (Å²) in [7, 11) is 0. The topological polar surface area (TPSA) is 65.4 Å². The zero-order valence-corrected chi connectivity index (χ0v) is 21.6. The molecule has 2 aromatic carbocycles. The fourth-order valence-electron chi connectivity index (χ4n) is 3.99. The number of aryl methyl sites for hydroxylation is 1. The molecule has 2 heterocycles. The van der Waals surface area contributed by atoms with Crippen molar-refractivity contribution in [2.45, 2.75) is 39.8 Å². The molecule has 0 bridgehead atoms. The summed E-state index contributed by atoms with van der Waals surface area (Å²) in [6.07, 6.45) is 4.06. The molecule has 0 radical (unpaired) electrons. The van der Waals surface area contributed by atoms with Gasteiger partial charge in [-0.05, 0) is 54.3 Å². The first kappa shape index (κ1) is 25.1. The number of carbonyl (C=O) groups is 1. The minimum absolute atomic E-state index is 0.171. The lowest BCUT2D eigenvalue weighted by molar-refractivity contribution is -0.117. The third-order valence-corrected chi connectivity index (χ3v) is 6.50. The summed E-state index contributed by atoms with van der Waals surface area (Å²) >= 11 is 12.6. The van der Waals surface area contributed by atoms with Gasteiger partial charge in [-0.2, -0.15) is 5.10 Å². The largest absolute Gasteiger partial charge is 0.490 e. The molecule has 0 spiro atoms. The average Bonchev–Trinajstić information content (AvgIpc) is 2.98. The monoisotopic (exact) mass is 513 g/mol.